The van der Waals surface area contributed by atoms with E-state index >= 15 is 0 Å². The van der Waals surface area contributed by atoms with Crippen molar-refractivity contribution in [3.63, 3.8) is 0 Å². The van der Waals surface area contributed by atoms with E-state index in [1.54, 1.807) is 30.3 Å². The molecule has 0 aromatic heterocycles. The molecule has 0 saturated heterocycles. The average Bonchev–Trinajstić information content (AvgIpc) is 2.47. The quantitative estimate of drug-likeness (QED) is 0.857. The Hall–Kier alpha value is -1.50. The molecule has 22 heavy (non-hydrogen) atoms. The Morgan fingerprint density at radius 2 is 1.45 bits per heavy atom. The second-order valence-corrected chi connectivity index (χ2v) is 8.71. The van der Waals surface area contributed by atoms with Gasteiger partial charge in [-0.15, -0.1) is 0 Å². The van der Waals surface area contributed by atoms with Crippen molar-refractivity contribution in [3.05, 3.63) is 60.2 Å². The van der Waals surface area contributed by atoms with Crippen molar-refractivity contribution in [2.75, 3.05) is 0 Å². The summed E-state index contributed by atoms with van der Waals surface area (Å²) in [4.78, 5) is 0.294. The monoisotopic (exact) mass is 338 g/mol. The van der Waals surface area contributed by atoms with Crippen LogP contribution in [0.3, 0.4) is 0 Å². The molecule has 0 radical (unpaired) electrons. The first-order valence-electron chi connectivity index (χ1n) is 6.72. The van der Waals surface area contributed by atoms with Crippen molar-refractivity contribution < 1.29 is 16.3 Å². The summed E-state index contributed by atoms with van der Waals surface area (Å²) in [7, 11) is -4.05. The summed E-state index contributed by atoms with van der Waals surface area (Å²) < 4.78 is 40.9. The average molecular weight is 338 g/mol. The Kier molecular flexibility index (Phi) is 4.84. The zero-order valence-corrected chi connectivity index (χ0v) is 14.3. The van der Waals surface area contributed by atoms with Gasteiger partial charge in [0.2, 0.25) is 11.1 Å². The topological polar surface area (TPSA) is 60.4 Å². The third-order valence-corrected chi connectivity index (χ3v) is 5.81. The SMILES string of the molecule is CC(C)(C)c1ccc(S(=O)OS(=O)(=O)c2ccccc2)cc1. The van der Waals surface area contributed by atoms with Gasteiger partial charge >= 0.3 is 10.1 Å². The van der Waals surface area contributed by atoms with Gasteiger partial charge in [0, 0.05) is 0 Å². The first kappa shape index (κ1) is 16.9. The normalized spacial score (nSPS) is 13.8. The van der Waals surface area contributed by atoms with E-state index in [-0.39, 0.29) is 10.3 Å². The summed E-state index contributed by atoms with van der Waals surface area (Å²) in [5.41, 5.74) is 1.04. The largest absolute Gasteiger partial charge is 0.310 e. The molecule has 0 bridgehead atoms. The van der Waals surface area contributed by atoms with Crippen LogP contribution < -0.4 is 0 Å². The molecular weight excluding hydrogens is 320 g/mol. The van der Waals surface area contributed by atoms with Crippen LogP contribution >= 0.6 is 0 Å². The molecule has 0 aliphatic heterocycles. The van der Waals surface area contributed by atoms with Crippen LogP contribution in [0.1, 0.15) is 26.3 Å². The van der Waals surface area contributed by atoms with Crippen molar-refractivity contribution in [1.82, 2.24) is 0 Å². The molecule has 2 aromatic rings. The lowest BCUT2D eigenvalue weighted by Gasteiger charge is -2.18. The van der Waals surface area contributed by atoms with Crippen LogP contribution in [0, 0.1) is 0 Å². The number of rotatable bonds is 4. The van der Waals surface area contributed by atoms with E-state index in [1.165, 1.54) is 12.1 Å². The van der Waals surface area contributed by atoms with Gasteiger partial charge in [-0.3, -0.25) is 0 Å². The maximum atomic E-state index is 12.1. The number of hydrogen-bond acceptors (Lipinski definition) is 4. The van der Waals surface area contributed by atoms with E-state index in [4.69, 9.17) is 3.63 Å². The van der Waals surface area contributed by atoms with Crippen molar-refractivity contribution >= 4 is 21.2 Å². The third-order valence-electron chi connectivity index (χ3n) is 3.10. The summed E-state index contributed by atoms with van der Waals surface area (Å²) in [6.45, 7) is 6.19. The highest BCUT2D eigenvalue weighted by Gasteiger charge is 2.21. The molecule has 0 saturated carbocycles. The van der Waals surface area contributed by atoms with Crippen LogP contribution in [0.5, 0.6) is 0 Å². The maximum Gasteiger partial charge on any atom is 0.310 e. The van der Waals surface area contributed by atoms with Crippen LogP contribution in [0.15, 0.2) is 64.4 Å². The lowest BCUT2D eigenvalue weighted by molar-refractivity contribution is 0.498. The second-order valence-electron chi connectivity index (χ2n) is 5.84. The highest BCUT2D eigenvalue weighted by atomic mass is 32.3. The molecule has 2 rings (SSSR count). The van der Waals surface area contributed by atoms with E-state index in [1.807, 2.05) is 12.1 Å². The summed E-state index contributed by atoms with van der Waals surface area (Å²) in [5.74, 6) is 0. The van der Waals surface area contributed by atoms with E-state index in [9.17, 15) is 12.6 Å². The van der Waals surface area contributed by atoms with Crippen molar-refractivity contribution in [2.24, 2.45) is 0 Å². The Labute approximate surface area is 133 Å². The van der Waals surface area contributed by atoms with E-state index < -0.39 is 21.2 Å². The summed E-state index contributed by atoms with van der Waals surface area (Å²) in [5, 5.41) is 0. The predicted octanol–water partition coefficient (Wildman–Crippen LogP) is 3.41. The van der Waals surface area contributed by atoms with E-state index in [2.05, 4.69) is 20.8 Å². The molecule has 4 nitrogen and oxygen atoms in total. The molecule has 118 valence electrons. The molecule has 0 fully saturated rings. The minimum Gasteiger partial charge on any atom is -0.223 e. The number of hydrogen-bond donors (Lipinski definition) is 0. The highest BCUT2D eigenvalue weighted by Crippen LogP contribution is 2.24. The Morgan fingerprint density at radius 1 is 0.909 bits per heavy atom. The van der Waals surface area contributed by atoms with Crippen LogP contribution in [-0.4, -0.2) is 12.6 Å². The maximum absolute atomic E-state index is 12.1. The molecule has 1 unspecified atom stereocenters. The smallest absolute Gasteiger partial charge is 0.223 e. The second kappa shape index (κ2) is 6.32. The third kappa shape index (κ3) is 4.03. The van der Waals surface area contributed by atoms with Gasteiger partial charge in [0.05, 0.1) is 9.79 Å². The van der Waals surface area contributed by atoms with Crippen LogP contribution in [0.4, 0.5) is 0 Å². The number of benzene rings is 2. The van der Waals surface area contributed by atoms with Crippen LogP contribution in [0.2, 0.25) is 0 Å². The van der Waals surface area contributed by atoms with Gasteiger partial charge in [0.25, 0.3) is 0 Å². The van der Waals surface area contributed by atoms with Gasteiger partial charge in [0.1, 0.15) is 0 Å². The first-order valence-corrected chi connectivity index (χ1v) is 9.21. The van der Waals surface area contributed by atoms with Gasteiger partial charge in [0.15, 0.2) is 0 Å². The van der Waals surface area contributed by atoms with Gasteiger partial charge < -0.3 is 0 Å². The van der Waals surface area contributed by atoms with Crippen molar-refractivity contribution in [1.29, 1.82) is 0 Å². The molecule has 0 spiro atoms. The molecule has 0 heterocycles. The van der Waals surface area contributed by atoms with Gasteiger partial charge in [-0.05, 0) is 35.2 Å². The molecule has 2 aromatic carbocycles. The zero-order chi connectivity index (χ0) is 16.4. The predicted molar refractivity (Wildman–Crippen MR) is 86.3 cm³/mol. The molecular formula is C16H18O4S2. The van der Waals surface area contributed by atoms with Crippen molar-refractivity contribution in [2.45, 2.75) is 36.0 Å². The molecule has 6 heteroatoms. The lowest BCUT2D eigenvalue weighted by atomic mass is 9.87. The molecule has 0 aliphatic carbocycles. The van der Waals surface area contributed by atoms with Gasteiger partial charge in [-0.25, -0.2) is 4.21 Å². The molecule has 0 aliphatic rings. The Morgan fingerprint density at radius 3 is 1.95 bits per heavy atom. The van der Waals surface area contributed by atoms with E-state index in [0.717, 1.165) is 5.56 Å². The summed E-state index contributed by atoms with van der Waals surface area (Å²) >= 11 is -2.08. The van der Waals surface area contributed by atoms with Crippen molar-refractivity contribution in [3.8, 4) is 0 Å². The minimum atomic E-state index is -4.05. The summed E-state index contributed by atoms with van der Waals surface area (Å²) in [6, 6.07) is 14.5. The van der Waals surface area contributed by atoms with E-state index in [0.29, 0.717) is 4.90 Å². The summed E-state index contributed by atoms with van der Waals surface area (Å²) in [6.07, 6.45) is 0. The van der Waals surface area contributed by atoms with Crippen LogP contribution in [-0.2, 0) is 30.2 Å². The Bertz CT molecular complexity index is 758. The standard InChI is InChI=1S/C16H18O4S2/c1-16(2,3)13-9-11-14(12-10-13)21(17)20-22(18,19)15-7-5-4-6-8-15/h4-12H,1-3H3. The van der Waals surface area contributed by atoms with Crippen LogP contribution in [0.25, 0.3) is 0 Å². The fraction of sp³-hybridized carbons (Fsp3) is 0.250. The fourth-order valence-corrected chi connectivity index (χ4v) is 3.94. The highest BCUT2D eigenvalue weighted by molar-refractivity contribution is 7.97. The lowest BCUT2D eigenvalue weighted by Crippen LogP contribution is -2.12. The fourth-order valence-electron chi connectivity index (χ4n) is 1.81. The first-order chi connectivity index (χ1) is 10.2. The Balaban J connectivity index is 2.19. The molecule has 1 atom stereocenters. The molecule has 0 amide bonds. The zero-order valence-electron chi connectivity index (χ0n) is 12.6. The van der Waals surface area contributed by atoms with Gasteiger partial charge in [-0.2, -0.15) is 12.0 Å². The van der Waals surface area contributed by atoms with Gasteiger partial charge in [-0.1, -0.05) is 51.1 Å². The molecule has 0 N–H and O–H groups in total. The minimum absolute atomic E-state index is 0.0188.